The molecular weight excluding hydrogens is 378 g/mol. The van der Waals surface area contributed by atoms with E-state index in [1.54, 1.807) is 0 Å². The quantitative estimate of drug-likeness (QED) is 0.682. The molecule has 1 atom stereocenters. The summed E-state index contributed by atoms with van der Waals surface area (Å²) >= 11 is 0. The van der Waals surface area contributed by atoms with Gasteiger partial charge in [-0.2, -0.15) is 0 Å². The van der Waals surface area contributed by atoms with E-state index in [0.29, 0.717) is 5.76 Å². The lowest BCUT2D eigenvalue weighted by molar-refractivity contribution is 0.0657. The molecule has 152 valence electrons. The molecule has 0 fully saturated rings. The molecule has 5 rings (SSSR count). The molecule has 2 aromatic heterocycles. The molecule has 0 bridgehead atoms. The number of H-pyrrole nitrogens is 1. The van der Waals surface area contributed by atoms with Gasteiger partial charge in [0.1, 0.15) is 0 Å². The molecule has 0 saturated heterocycles. The van der Waals surface area contributed by atoms with Crippen molar-refractivity contribution in [2.24, 2.45) is 0 Å². The van der Waals surface area contributed by atoms with Gasteiger partial charge in [0.05, 0.1) is 5.35 Å². The Hall–Kier alpha value is -3.47. The molecule has 0 radical (unpaired) electrons. The number of aryl methyl sites for hydroxylation is 1. The molecule has 2 heterocycles. The first-order chi connectivity index (χ1) is 14.6. The number of rotatable bonds is 5. The highest BCUT2D eigenvalue weighted by Gasteiger charge is 2.25. The van der Waals surface area contributed by atoms with Crippen LogP contribution in [0.25, 0.3) is 11.8 Å². The zero-order chi connectivity index (χ0) is 20.7. The van der Waals surface area contributed by atoms with Gasteiger partial charge in [-0.15, -0.1) is 0 Å². The third-order valence-corrected chi connectivity index (χ3v) is 5.83. The Balaban J connectivity index is 1.56. The van der Waals surface area contributed by atoms with E-state index in [1.165, 1.54) is 39.7 Å². The lowest BCUT2D eigenvalue weighted by Crippen LogP contribution is -2.23. The summed E-state index contributed by atoms with van der Waals surface area (Å²) < 4.78 is 11.3. The van der Waals surface area contributed by atoms with Crippen LogP contribution in [0.2, 0.25) is 0 Å². The Kier molecular flexibility index (Phi) is 4.58. The van der Waals surface area contributed by atoms with Crippen molar-refractivity contribution in [3.8, 4) is 5.95 Å². The van der Waals surface area contributed by atoms with Gasteiger partial charge in [-0.25, -0.2) is 4.79 Å². The summed E-state index contributed by atoms with van der Waals surface area (Å²) in [5, 5.41) is 11.2. The van der Waals surface area contributed by atoms with Gasteiger partial charge in [0, 0.05) is 17.3 Å². The minimum absolute atomic E-state index is 0.137. The standard InChI is InChI=1S/C25H23NO4/c1-15-6-8-16(9-7-15)14-17-10-11-20(29-22-13-12-21(30-22)25(27)28)24-23(17)18-4-2-3-5-19(18)26-24/h5-13,17,26H,2-4,14H2,1H3,(H,27,28). The van der Waals surface area contributed by atoms with Gasteiger partial charge < -0.3 is 19.2 Å². The van der Waals surface area contributed by atoms with Crippen LogP contribution in [0.15, 0.2) is 53.0 Å². The number of hydrogen-bond acceptors (Lipinski definition) is 3. The Morgan fingerprint density at radius 2 is 2.07 bits per heavy atom. The van der Waals surface area contributed by atoms with Crippen molar-refractivity contribution >= 4 is 17.8 Å². The summed E-state index contributed by atoms with van der Waals surface area (Å²) in [5.74, 6) is -0.168. The van der Waals surface area contributed by atoms with Gasteiger partial charge in [0.2, 0.25) is 5.76 Å². The number of fused-ring (bicyclic) bond motifs is 3. The number of aromatic carboxylic acids is 1. The zero-order valence-corrected chi connectivity index (χ0v) is 16.8. The lowest BCUT2D eigenvalue weighted by Gasteiger charge is -2.20. The second-order valence-electron chi connectivity index (χ2n) is 7.95. The van der Waals surface area contributed by atoms with E-state index in [4.69, 9.17) is 14.3 Å². The first-order valence-electron chi connectivity index (χ1n) is 10.3. The number of carbonyl (C=O) groups is 1. The SMILES string of the molecule is Cc1ccc(CC2C=CC(Oc3ccc(C(=O)O)o3)=c3[nH]c4c(c32)CCCC=4)cc1. The van der Waals surface area contributed by atoms with E-state index in [2.05, 4.69) is 48.3 Å². The van der Waals surface area contributed by atoms with Gasteiger partial charge in [0.25, 0.3) is 5.95 Å². The molecule has 0 spiro atoms. The molecule has 2 aliphatic carbocycles. The Bertz CT molecular complexity index is 1260. The van der Waals surface area contributed by atoms with Gasteiger partial charge in [0.15, 0.2) is 5.76 Å². The number of allylic oxidation sites excluding steroid dienone is 1. The number of aromatic nitrogens is 1. The molecule has 5 heteroatoms. The fraction of sp³-hybridized carbons (Fsp3) is 0.240. The third kappa shape index (κ3) is 3.36. The molecule has 0 saturated carbocycles. The van der Waals surface area contributed by atoms with Crippen LogP contribution in [-0.4, -0.2) is 16.1 Å². The van der Waals surface area contributed by atoms with Crippen LogP contribution in [0, 0.1) is 6.92 Å². The Morgan fingerprint density at radius 3 is 2.83 bits per heavy atom. The van der Waals surface area contributed by atoms with Crippen molar-refractivity contribution < 1.29 is 19.1 Å². The molecular formula is C25H23NO4. The Labute approximate surface area is 174 Å². The topological polar surface area (TPSA) is 75.5 Å². The smallest absolute Gasteiger partial charge is 0.371 e. The maximum absolute atomic E-state index is 11.1. The van der Waals surface area contributed by atoms with Crippen molar-refractivity contribution in [2.45, 2.75) is 38.5 Å². The number of furan rings is 1. The van der Waals surface area contributed by atoms with Gasteiger partial charge >= 0.3 is 5.97 Å². The summed E-state index contributed by atoms with van der Waals surface area (Å²) in [6.07, 6.45) is 10.6. The summed E-state index contributed by atoms with van der Waals surface area (Å²) in [5.41, 5.74) is 5.21. The van der Waals surface area contributed by atoms with Crippen LogP contribution in [-0.2, 0) is 12.8 Å². The van der Waals surface area contributed by atoms with Crippen molar-refractivity contribution in [2.75, 3.05) is 0 Å². The highest BCUT2D eigenvalue weighted by atomic mass is 16.6. The summed E-state index contributed by atoms with van der Waals surface area (Å²) in [4.78, 5) is 14.6. The van der Waals surface area contributed by atoms with Crippen LogP contribution < -0.4 is 15.4 Å². The largest absolute Gasteiger partial charge is 0.475 e. The number of ether oxygens (including phenoxy) is 1. The fourth-order valence-electron chi connectivity index (χ4n) is 4.36. The number of hydrogen-bond donors (Lipinski definition) is 2. The number of carboxylic acids is 1. The predicted molar refractivity (Wildman–Crippen MR) is 114 cm³/mol. The van der Waals surface area contributed by atoms with E-state index >= 15 is 0 Å². The lowest BCUT2D eigenvalue weighted by atomic mass is 9.85. The summed E-state index contributed by atoms with van der Waals surface area (Å²) in [6.45, 7) is 2.10. The van der Waals surface area contributed by atoms with E-state index < -0.39 is 5.97 Å². The van der Waals surface area contributed by atoms with Crippen molar-refractivity contribution in [1.82, 2.24) is 4.98 Å². The summed E-state index contributed by atoms with van der Waals surface area (Å²) in [6, 6.07) is 11.6. The van der Waals surface area contributed by atoms with E-state index in [0.717, 1.165) is 31.0 Å². The number of aromatic amines is 1. The molecule has 0 amide bonds. The summed E-state index contributed by atoms with van der Waals surface area (Å²) in [7, 11) is 0. The number of carboxylic acid groups (broad SMARTS) is 1. The van der Waals surface area contributed by atoms with Gasteiger partial charge in [-0.1, -0.05) is 42.0 Å². The minimum atomic E-state index is -1.11. The highest BCUT2D eigenvalue weighted by molar-refractivity contribution is 5.84. The Morgan fingerprint density at radius 1 is 1.23 bits per heavy atom. The normalized spacial score (nSPS) is 17.2. The molecule has 5 nitrogen and oxygen atoms in total. The van der Waals surface area contributed by atoms with Crippen LogP contribution >= 0.6 is 0 Å². The van der Waals surface area contributed by atoms with Crippen LogP contribution in [0.1, 0.15) is 51.6 Å². The van der Waals surface area contributed by atoms with Crippen molar-refractivity contribution in [3.63, 3.8) is 0 Å². The fourth-order valence-corrected chi connectivity index (χ4v) is 4.36. The number of nitrogens with one attached hydrogen (secondary N) is 1. The first-order valence-corrected chi connectivity index (χ1v) is 10.3. The minimum Gasteiger partial charge on any atom is -0.475 e. The molecule has 0 aliphatic heterocycles. The monoisotopic (exact) mass is 401 g/mol. The average Bonchev–Trinajstić information content (AvgIpc) is 3.36. The van der Waals surface area contributed by atoms with Crippen LogP contribution in [0.4, 0.5) is 0 Å². The second-order valence-corrected chi connectivity index (χ2v) is 7.95. The average molecular weight is 401 g/mol. The maximum Gasteiger partial charge on any atom is 0.371 e. The van der Waals surface area contributed by atoms with Gasteiger partial charge in [-0.3, -0.25) is 0 Å². The van der Waals surface area contributed by atoms with Crippen molar-refractivity contribution in [3.05, 3.63) is 87.3 Å². The van der Waals surface area contributed by atoms with E-state index in [1.807, 2.05) is 6.08 Å². The third-order valence-electron chi connectivity index (χ3n) is 5.83. The molecule has 1 unspecified atom stereocenters. The molecule has 2 aliphatic rings. The van der Waals surface area contributed by atoms with Gasteiger partial charge in [-0.05, 0) is 61.4 Å². The molecule has 2 N–H and O–H groups in total. The molecule has 3 aromatic rings. The number of benzene rings is 1. The predicted octanol–water partition coefficient (Wildman–Crippen LogP) is 3.81. The van der Waals surface area contributed by atoms with Crippen LogP contribution in [0.3, 0.4) is 0 Å². The zero-order valence-electron chi connectivity index (χ0n) is 16.8. The second kappa shape index (κ2) is 7.41. The molecule has 1 aromatic carbocycles. The first kappa shape index (κ1) is 18.6. The van der Waals surface area contributed by atoms with E-state index in [9.17, 15) is 4.79 Å². The van der Waals surface area contributed by atoms with Crippen molar-refractivity contribution in [1.29, 1.82) is 0 Å². The molecule has 30 heavy (non-hydrogen) atoms. The maximum atomic E-state index is 11.1. The van der Waals surface area contributed by atoms with Crippen LogP contribution in [0.5, 0.6) is 5.95 Å². The highest BCUT2D eigenvalue weighted by Crippen LogP contribution is 2.29. The van der Waals surface area contributed by atoms with E-state index in [-0.39, 0.29) is 17.6 Å².